The van der Waals surface area contributed by atoms with E-state index < -0.39 is 0 Å². The van der Waals surface area contributed by atoms with E-state index in [1.54, 1.807) is 0 Å². The van der Waals surface area contributed by atoms with Crippen molar-refractivity contribution in [3.05, 3.63) is 76.2 Å². The normalized spacial score (nSPS) is 16.9. The van der Waals surface area contributed by atoms with Gasteiger partial charge in [0, 0.05) is 30.4 Å². The van der Waals surface area contributed by atoms with Crippen molar-refractivity contribution in [2.45, 2.75) is 26.8 Å². The monoisotopic (exact) mass is 429 g/mol. The van der Waals surface area contributed by atoms with E-state index in [-0.39, 0.29) is 5.91 Å². The third-order valence-electron chi connectivity index (χ3n) is 6.13. The molecule has 1 aliphatic heterocycles. The van der Waals surface area contributed by atoms with E-state index in [1.807, 2.05) is 12.1 Å². The number of carbonyl (C=O) groups is 1. The van der Waals surface area contributed by atoms with Crippen molar-refractivity contribution in [1.82, 2.24) is 15.2 Å². The van der Waals surface area contributed by atoms with Gasteiger partial charge in [0.2, 0.25) is 0 Å². The highest BCUT2D eigenvalue weighted by atomic mass is 32.1. The molecule has 1 atom stereocenters. The zero-order chi connectivity index (χ0) is 21.4. The Balaban J connectivity index is 1.20. The van der Waals surface area contributed by atoms with Gasteiger partial charge in [-0.05, 0) is 62.6 Å². The molecular formula is C26H27N3OS. The molecule has 2 aromatic carbocycles. The minimum absolute atomic E-state index is 0.0141. The smallest absolute Gasteiger partial charge is 0.261 e. The van der Waals surface area contributed by atoms with E-state index in [9.17, 15) is 4.79 Å². The lowest BCUT2D eigenvalue weighted by Crippen LogP contribution is -2.30. The average molecular weight is 430 g/mol. The van der Waals surface area contributed by atoms with Crippen LogP contribution in [-0.4, -0.2) is 35.4 Å². The summed E-state index contributed by atoms with van der Waals surface area (Å²) < 4.78 is 0. The number of thiophene rings is 1. The fourth-order valence-corrected chi connectivity index (χ4v) is 5.30. The van der Waals surface area contributed by atoms with Crippen molar-refractivity contribution in [3.63, 3.8) is 0 Å². The van der Waals surface area contributed by atoms with Crippen molar-refractivity contribution in [2.24, 2.45) is 5.92 Å². The Labute approximate surface area is 186 Å². The fourth-order valence-electron chi connectivity index (χ4n) is 4.37. The van der Waals surface area contributed by atoms with E-state index in [4.69, 9.17) is 4.98 Å². The molecule has 4 aromatic rings. The van der Waals surface area contributed by atoms with Crippen LogP contribution in [-0.2, 0) is 6.54 Å². The van der Waals surface area contributed by atoms with Gasteiger partial charge in [-0.25, -0.2) is 4.98 Å². The van der Waals surface area contributed by atoms with E-state index in [0.717, 1.165) is 58.6 Å². The number of nitrogens with zero attached hydrogens (tertiary/aromatic N) is 2. The number of aryl methyl sites for hydroxylation is 2. The zero-order valence-electron chi connectivity index (χ0n) is 18.0. The Morgan fingerprint density at radius 3 is 2.71 bits per heavy atom. The maximum absolute atomic E-state index is 12.8. The molecule has 31 heavy (non-hydrogen) atoms. The van der Waals surface area contributed by atoms with E-state index >= 15 is 0 Å². The van der Waals surface area contributed by atoms with Crippen molar-refractivity contribution >= 4 is 38.4 Å². The summed E-state index contributed by atoms with van der Waals surface area (Å²) in [5, 5.41) is 5.32. The second kappa shape index (κ2) is 8.40. The van der Waals surface area contributed by atoms with Gasteiger partial charge in [-0.2, -0.15) is 0 Å². The number of amides is 1. The molecule has 0 saturated carbocycles. The molecule has 5 rings (SSSR count). The summed E-state index contributed by atoms with van der Waals surface area (Å²) in [5.74, 6) is 0.521. The van der Waals surface area contributed by atoms with Crippen molar-refractivity contribution < 1.29 is 4.79 Å². The van der Waals surface area contributed by atoms with Gasteiger partial charge in [-0.1, -0.05) is 41.5 Å². The predicted octanol–water partition coefficient (Wildman–Crippen LogP) is 5.32. The standard InChI is InChI=1S/C26H27N3OS/c1-17-3-6-19(7-4-17)15-29-10-9-20(16-29)14-27-25(30)24-13-22-12-21-11-18(2)5-8-23(21)28-26(22)31-24/h3-8,11-13,20H,9-10,14-16H2,1-2H3,(H,27,30). The van der Waals surface area contributed by atoms with Crippen LogP contribution in [0.2, 0.25) is 0 Å². The highest BCUT2D eigenvalue weighted by molar-refractivity contribution is 7.20. The molecule has 158 valence electrons. The molecule has 1 unspecified atom stereocenters. The lowest BCUT2D eigenvalue weighted by atomic mass is 10.1. The minimum atomic E-state index is 0.0141. The summed E-state index contributed by atoms with van der Waals surface area (Å²) in [4.78, 5) is 21.7. The molecule has 2 aromatic heterocycles. The van der Waals surface area contributed by atoms with Crippen LogP contribution >= 0.6 is 11.3 Å². The maximum atomic E-state index is 12.8. The van der Waals surface area contributed by atoms with Crippen LogP contribution in [0.25, 0.3) is 21.1 Å². The van der Waals surface area contributed by atoms with Crippen molar-refractivity contribution in [2.75, 3.05) is 19.6 Å². The summed E-state index contributed by atoms with van der Waals surface area (Å²) >= 11 is 1.48. The van der Waals surface area contributed by atoms with Gasteiger partial charge >= 0.3 is 0 Å². The summed E-state index contributed by atoms with van der Waals surface area (Å²) in [6, 6.07) is 19.1. The van der Waals surface area contributed by atoms with Gasteiger partial charge in [-0.3, -0.25) is 9.69 Å². The number of fused-ring (bicyclic) bond motifs is 2. The molecule has 1 N–H and O–H groups in total. The highest BCUT2D eigenvalue weighted by Crippen LogP contribution is 2.28. The second-order valence-electron chi connectivity index (χ2n) is 8.77. The zero-order valence-corrected chi connectivity index (χ0v) is 18.8. The van der Waals surface area contributed by atoms with Crippen LogP contribution in [0, 0.1) is 19.8 Å². The first-order valence-electron chi connectivity index (χ1n) is 10.9. The summed E-state index contributed by atoms with van der Waals surface area (Å²) in [6.45, 7) is 8.04. The third kappa shape index (κ3) is 4.48. The van der Waals surface area contributed by atoms with Gasteiger partial charge in [0.05, 0.1) is 10.4 Å². The molecule has 0 aliphatic carbocycles. The maximum Gasteiger partial charge on any atom is 0.261 e. The van der Waals surface area contributed by atoms with Gasteiger partial charge < -0.3 is 5.32 Å². The summed E-state index contributed by atoms with van der Waals surface area (Å²) in [6.07, 6.45) is 1.13. The minimum Gasteiger partial charge on any atom is -0.351 e. The Bertz CT molecular complexity index is 1240. The predicted molar refractivity (Wildman–Crippen MR) is 129 cm³/mol. The van der Waals surface area contributed by atoms with Gasteiger partial charge in [0.25, 0.3) is 5.91 Å². The van der Waals surface area contributed by atoms with Crippen LogP contribution in [0.1, 0.15) is 32.8 Å². The molecule has 1 amide bonds. The second-order valence-corrected chi connectivity index (χ2v) is 9.81. The molecule has 3 heterocycles. The molecule has 1 saturated heterocycles. The summed E-state index contributed by atoms with van der Waals surface area (Å²) in [7, 11) is 0. The quantitative estimate of drug-likeness (QED) is 0.467. The first-order valence-corrected chi connectivity index (χ1v) is 11.7. The average Bonchev–Trinajstić information content (AvgIpc) is 3.38. The van der Waals surface area contributed by atoms with Gasteiger partial charge in [0.15, 0.2) is 0 Å². The lowest BCUT2D eigenvalue weighted by Gasteiger charge is -2.16. The Hall–Kier alpha value is -2.76. The molecule has 0 radical (unpaired) electrons. The molecule has 0 bridgehead atoms. The topological polar surface area (TPSA) is 45.2 Å². The van der Waals surface area contributed by atoms with Crippen LogP contribution in [0.4, 0.5) is 0 Å². The SMILES string of the molecule is Cc1ccc(CN2CCC(CNC(=O)c3cc4cc5cc(C)ccc5nc4s3)C2)cc1. The number of hydrogen-bond donors (Lipinski definition) is 1. The number of rotatable bonds is 5. The molecule has 5 heteroatoms. The largest absolute Gasteiger partial charge is 0.351 e. The van der Waals surface area contributed by atoms with E-state index in [1.165, 1.54) is 28.0 Å². The van der Waals surface area contributed by atoms with Crippen LogP contribution in [0.15, 0.2) is 54.6 Å². The number of pyridine rings is 1. The molecule has 4 nitrogen and oxygen atoms in total. The summed E-state index contributed by atoms with van der Waals surface area (Å²) in [5.41, 5.74) is 4.85. The van der Waals surface area contributed by atoms with E-state index in [0.29, 0.717) is 5.92 Å². The number of likely N-dealkylation sites (tertiary alicyclic amines) is 1. The molecular weight excluding hydrogens is 402 g/mol. The lowest BCUT2D eigenvalue weighted by molar-refractivity contribution is 0.0951. The molecule has 1 fully saturated rings. The van der Waals surface area contributed by atoms with Crippen molar-refractivity contribution in [1.29, 1.82) is 0 Å². The van der Waals surface area contributed by atoms with Gasteiger partial charge in [0.1, 0.15) is 4.83 Å². The highest BCUT2D eigenvalue weighted by Gasteiger charge is 2.23. The fraction of sp³-hybridized carbons (Fsp3) is 0.308. The number of hydrogen-bond acceptors (Lipinski definition) is 4. The Morgan fingerprint density at radius 1 is 1.06 bits per heavy atom. The van der Waals surface area contributed by atoms with Crippen LogP contribution < -0.4 is 5.32 Å². The number of nitrogens with one attached hydrogen (secondary N) is 1. The van der Waals surface area contributed by atoms with Crippen LogP contribution in [0.5, 0.6) is 0 Å². The first-order chi connectivity index (χ1) is 15.0. The Kier molecular flexibility index (Phi) is 5.47. The third-order valence-corrected chi connectivity index (χ3v) is 7.17. The number of benzene rings is 2. The Morgan fingerprint density at radius 2 is 1.87 bits per heavy atom. The van der Waals surface area contributed by atoms with E-state index in [2.05, 4.69) is 66.5 Å². The van der Waals surface area contributed by atoms with Gasteiger partial charge in [-0.15, -0.1) is 11.3 Å². The number of aromatic nitrogens is 1. The molecule has 1 aliphatic rings. The first kappa shape index (κ1) is 20.2. The van der Waals surface area contributed by atoms with Crippen LogP contribution in [0.3, 0.4) is 0 Å². The number of carbonyl (C=O) groups excluding carboxylic acids is 1. The molecule has 0 spiro atoms. The van der Waals surface area contributed by atoms with Crippen molar-refractivity contribution in [3.8, 4) is 0 Å².